The van der Waals surface area contributed by atoms with E-state index in [-0.39, 0.29) is 12.1 Å². The molecule has 0 aliphatic carbocycles. The van der Waals surface area contributed by atoms with Gasteiger partial charge in [0.1, 0.15) is 17.4 Å². The van der Waals surface area contributed by atoms with Crippen LogP contribution in [0.3, 0.4) is 0 Å². The van der Waals surface area contributed by atoms with Gasteiger partial charge in [-0.2, -0.15) is 0 Å². The first-order valence-electron chi connectivity index (χ1n) is 8.20. The van der Waals surface area contributed by atoms with Gasteiger partial charge in [-0.3, -0.25) is 0 Å². The van der Waals surface area contributed by atoms with Gasteiger partial charge >= 0.3 is 6.09 Å². The number of hydrogen-bond acceptors (Lipinski definition) is 6. The van der Waals surface area contributed by atoms with Crippen molar-refractivity contribution in [1.29, 1.82) is 0 Å². The monoisotopic (exact) mass is 332 g/mol. The second kappa shape index (κ2) is 6.26. The molecule has 1 aliphatic heterocycles. The Morgan fingerprint density at radius 3 is 2.92 bits per heavy atom. The van der Waals surface area contributed by atoms with Crippen LogP contribution in [0.2, 0.25) is 0 Å². The average molecular weight is 332 g/mol. The first-order chi connectivity index (χ1) is 11.3. The quantitative estimate of drug-likeness (QED) is 0.907. The minimum atomic E-state index is -0.481. The van der Waals surface area contributed by atoms with Crippen LogP contribution in [0.1, 0.15) is 33.6 Å². The summed E-state index contributed by atoms with van der Waals surface area (Å²) in [4.78, 5) is 32.0. The summed E-state index contributed by atoms with van der Waals surface area (Å²) >= 11 is 0. The van der Waals surface area contributed by atoms with Crippen molar-refractivity contribution in [3.63, 3.8) is 0 Å². The average Bonchev–Trinajstić information content (AvgIpc) is 3.01. The fourth-order valence-electron chi connectivity index (χ4n) is 2.96. The van der Waals surface area contributed by atoms with E-state index in [1.54, 1.807) is 11.2 Å². The number of fused-ring (bicyclic) bond motifs is 1. The second-order valence-electron chi connectivity index (χ2n) is 7.13. The number of imidazole rings is 1. The largest absolute Gasteiger partial charge is 0.444 e. The zero-order chi connectivity index (χ0) is 17.3. The van der Waals surface area contributed by atoms with Crippen LogP contribution in [0.5, 0.6) is 0 Å². The van der Waals surface area contributed by atoms with Gasteiger partial charge < -0.3 is 19.5 Å². The molecule has 2 aromatic rings. The van der Waals surface area contributed by atoms with Crippen molar-refractivity contribution >= 4 is 23.1 Å². The van der Waals surface area contributed by atoms with Gasteiger partial charge in [0.25, 0.3) is 0 Å². The second-order valence-corrected chi connectivity index (χ2v) is 7.13. The van der Waals surface area contributed by atoms with E-state index in [4.69, 9.17) is 4.74 Å². The van der Waals surface area contributed by atoms with Crippen molar-refractivity contribution in [2.45, 2.75) is 45.3 Å². The highest BCUT2D eigenvalue weighted by molar-refractivity contribution is 5.82. The van der Waals surface area contributed by atoms with Gasteiger partial charge in [0.2, 0.25) is 0 Å². The first kappa shape index (κ1) is 16.5. The smallest absolute Gasteiger partial charge is 0.410 e. The number of nitrogens with zero attached hydrogens (tertiary/aromatic N) is 5. The van der Waals surface area contributed by atoms with E-state index in [0.717, 1.165) is 30.7 Å². The van der Waals surface area contributed by atoms with Gasteiger partial charge in [0.05, 0.1) is 6.33 Å². The summed E-state index contributed by atoms with van der Waals surface area (Å²) < 4.78 is 5.50. The summed E-state index contributed by atoms with van der Waals surface area (Å²) in [5, 5.41) is 0. The third-order valence-electron chi connectivity index (χ3n) is 4.13. The molecule has 1 amide bonds. The van der Waals surface area contributed by atoms with Crippen molar-refractivity contribution in [2.24, 2.45) is 0 Å². The Morgan fingerprint density at radius 2 is 2.17 bits per heavy atom. The maximum Gasteiger partial charge on any atom is 0.410 e. The van der Waals surface area contributed by atoms with Crippen LogP contribution >= 0.6 is 0 Å². The van der Waals surface area contributed by atoms with Gasteiger partial charge in [0.15, 0.2) is 11.5 Å². The highest BCUT2D eigenvalue weighted by atomic mass is 16.6. The number of rotatable bonds is 2. The van der Waals surface area contributed by atoms with Gasteiger partial charge in [-0.05, 0) is 33.6 Å². The summed E-state index contributed by atoms with van der Waals surface area (Å²) in [5.74, 6) is 0.800. The molecule has 3 rings (SSSR count). The summed E-state index contributed by atoms with van der Waals surface area (Å²) in [5.41, 5.74) is 0.978. The molecule has 0 aromatic carbocycles. The van der Waals surface area contributed by atoms with Crippen LogP contribution in [0.4, 0.5) is 10.6 Å². The lowest BCUT2D eigenvalue weighted by Crippen LogP contribution is -2.50. The molecule has 3 heterocycles. The van der Waals surface area contributed by atoms with E-state index >= 15 is 0 Å². The molecule has 130 valence electrons. The molecule has 24 heavy (non-hydrogen) atoms. The van der Waals surface area contributed by atoms with Crippen molar-refractivity contribution in [3.05, 3.63) is 12.7 Å². The first-order valence-corrected chi connectivity index (χ1v) is 8.20. The zero-order valence-electron chi connectivity index (χ0n) is 14.6. The molecule has 8 heteroatoms. The Labute approximate surface area is 141 Å². The fourth-order valence-corrected chi connectivity index (χ4v) is 2.96. The Bertz CT molecular complexity index is 723. The molecular formula is C16H24N6O2. The number of hydrogen-bond donors (Lipinski definition) is 1. The van der Waals surface area contributed by atoms with E-state index in [0.29, 0.717) is 12.2 Å². The molecule has 0 bridgehead atoms. The number of piperidine rings is 1. The minimum absolute atomic E-state index is 0.174. The molecule has 0 radical (unpaired) electrons. The van der Waals surface area contributed by atoms with E-state index < -0.39 is 5.60 Å². The predicted molar refractivity (Wildman–Crippen MR) is 90.9 cm³/mol. The van der Waals surface area contributed by atoms with Crippen molar-refractivity contribution < 1.29 is 9.53 Å². The van der Waals surface area contributed by atoms with E-state index in [1.807, 2.05) is 27.8 Å². The SMILES string of the molecule is CN(c1ncnc2nc[nH]c12)[C@@H]1CCCN(C(=O)OC(C)(C)C)C1. The normalized spacial score (nSPS) is 18.7. The summed E-state index contributed by atoms with van der Waals surface area (Å²) in [6.45, 7) is 6.99. The molecule has 1 N–H and O–H groups in total. The maximum atomic E-state index is 12.3. The number of amides is 1. The molecular weight excluding hydrogens is 308 g/mol. The highest BCUT2D eigenvalue weighted by Gasteiger charge is 2.30. The molecule has 0 spiro atoms. The molecule has 1 saturated heterocycles. The van der Waals surface area contributed by atoms with E-state index in [1.165, 1.54) is 6.33 Å². The summed E-state index contributed by atoms with van der Waals surface area (Å²) in [7, 11) is 1.99. The molecule has 8 nitrogen and oxygen atoms in total. The summed E-state index contributed by atoms with van der Waals surface area (Å²) in [6, 6.07) is 0.174. The molecule has 0 saturated carbocycles. The van der Waals surface area contributed by atoms with Crippen LogP contribution in [0, 0.1) is 0 Å². The number of ether oxygens (including phenoxy) is 1. The number of nitrogens with one attached hydrogen (secondary N) is 1. The van der Waals surface area contributed by atoms with Crippen LogP contribution < -0.4 is 4.90 Å². The van der Waals surface area contributed by atoms with Crippen LogP contribution in [0.15, 0.2) is 12.7 Å². The minimum Gasteiger partial charge on any atom is -0.444 e. The van der Waals surface area contributed by atoms with Crippen molar-refractivity contribution in [1.82, 2.24) is 24.8 Å². The van der Waals surface area contributed by atoms with Crippen LogP contribution in [0.25, 0.3) is 11.2 Å². The number of anilines is 1. The van der Waals surface area contributed by atoms with Crippen molar-refractivity contribution in [3.8, 4) is 0 Å². The maximum absolute atomic E-state index is 12.3. The molecule has 0 unspecified atom stereocenters. The topological polar surface area (TPSA) is 87.2 Å². The lowest BCUT2D eigenvalue weighted by atomic mass is 10.0. The molecule has 1 atom stereocenters. The number of H-pyrrole nitrogens is 1. The number of carbonyl (C=O) groups excluding carboxylic acids is 1. The summed E-state index contributed by atoms with van der Waals surface area (Å²) in [6.07, 6.45) is 4.81. The number of carbonyl (C=O) groups is 1. The Balaban J connectivity index is 1.75. The third kappa shape index (κ3) is 3.42. The van der Waals surface area contributed by atoms with E-state index in [9.17, 15) is 4.79 Å². The van der Waals surface area contributed by atoms with Crippen molar-refractivity contribution in [2.75, 3.05) is 25.0 Å². The van der Waals surface area contributed by atoms with Gasteiger partial charge in [-0.25, -0.2) is 19.7 Å². The number of likely N-dealkylation sites (tertiary alicyclic amines) is 1. The van der Waals surface area contributed by atoms with Crippen LogP contribution in [-0.2, 0) is 4.74 Å². The van der Waals surface area contributed by atoms with Gasteiger partial charge in [0, 0.05) is 26.2 Å². The van der Waals surface area contributed by atoms with Gasteiger partial charge in [-0.1, -0.05) is 0 Å². The highest BCUT2D eigenvalue weighted by Crippen LogP contribution is 2.25. The molecule has 1 aliphatic rings. The predicted octanol–water partition coefficient (Wildman–Crippen LogP) is 2.19. The Kier molecular flexibility index (Phi) is 4.29. The Morgan fingerprint density at radius 1 is 1.38 bits per heavy atom. The Hall–Kier alpha value is -2.38. The number of aromatic amines is 1. The lowest BCUT2D eigenvalue weighted by Gasteiger charge is -2.38. The van der Waals surface area contributed by atoms with Gasteiger partial charge in [-0.15, -0.1) is 0 Å². The number of likely N-dealkylation sites (N-methyl/N-ethyl adjacent to an activating group) is 1. The lowest BCUT2D eigenvalue weighted by molar-refractivity contribution is 0.0199. The zero-order valence-corrected chi connectivity index (χ0v) is 14.6. The standard InChI is InChI=1S/C16H24N6O2/c1-16(2,3)24-15(23)22-7-5-6-11(8-22)21(4)14-12-13(18-9-17-12)19-10-20-14/h9-11H,5-8H2,1-4H3,(H,17,18,19,20)/t11-/m1/s1. The molecule has 2 aromatic heterocycles. The van der Waals surface area contributed by atoms with Crippen LogP contribution in [-0.4, -0.2) is 62.7 Å². The third-order valence-corrected chi connectivity index (χ3v) is 4.13. The molecule has 1 fully saturated rings. The fraction of sp³-hybridized carbons (Fsp3) is 0.625. The van der Waals surface area contributed by atoms with E-state index in [2.05, 4.69) is 24.8 Å². The number of aromatic nitrogens is 4.